The first-order valence-electron chi connectivity index (χ1n) is 9.06. The van der Waals surface area contributed by atoms with E-state index in [2.05, 4.69) is 0 Å². The van der Waals surface area contributed by atoms with E-state index < -0.39 is 5.91 Å². The Morgan fingerprint density at radius 2 is 1.86 bits per heavy atom. The maximum Gasteiger partial charge on any atom is 0.298 e. The van der Waals surface area contributed by atoms with Gasteiger partial charge in [-0.05, 0) is 36.8 Å². The summed E-state index contributed by atoms with van der Waals surface area (Å²) in [6.45, 7) is 1.91. The van der Waals surface area contributed by atoms with Crippen LogP contribution in [0.15, 0.2) is 70.7 Å². The average molecular weight is 400 g/mol. The van der Waals surface area contributed by atoms with Gasteiger partial charge in [-0.15, -0.1) is 11.3 Å². The zero-order valence-corrected chi connectivity index (χ0v) is 16.3. The highest BCUT2D eigenvalue weighted by Gasteiger charge is 2.29. The third-order valence-electron chi connectivity index (χ3n) is 5.12. The predicted octanol–water partition coefficient (Wildman–Crippen LogP) is 5.26. The summed E-state index contributed by atoms with van der Waals surface area (Å²) in [4.78, 5) is 26.9. The van der Waals surface area contributed by atoms with E-state index in [1.165, 1.54) is 22.2 Å². The monoisotopic (exact) mass is 400 g/mol. The van der Waals surface area contributed by atoms with Gasteiger partial charge >= 0.3 is 0 Å². The molecule has 0 aliphatic heterocycles. The van der Waals surface area contributed by atoms with Crippen LogP contribution in [0.3, 0.4) is 0 Å². The van der Waals surface area contributed by atoms with Crippen molar-refractivity contribution in [2.24, 2.45) is 0 Å². The fourth-order valence-corrected chi connectivity index (χ4v) is 4.72. The number of nitrogens with zero attached hydrogens (tertiary/aromatic N) is 1. The van der Waals surface area contributed by atoms with Crippen LogP contribution in [0.25, 0.3) is 21.0 Å². The first-order chi connectivity index (χ1) is 14.1. The molecule has 6 heteroatoms. The molecule has 5 nitrogen and oxygen atoms in total. The number of nitrogens with two attached hydrogens (primary N) is 1. The summed E-state index contributed by atoms with van der Waals surface area (Å²) in [5, 5.41) is 3.37. The van der Waals surface area contributed by atoms with Crippen LogP contribution in [0.5, 0.6) is 0 Å². The van der Waals surface area contributed by atoms with Crippen molar-refractivity contribution in [2.45, 2.75) is 6.92 Å². The molecule has 0 saturated carbocycles. The van der Waals surface area contributed by atoms with Crippen LogP contribution in [0.4, 0.5) is 5.69 Å². The molecule has 3 heterocycles. The number of thiophene rings is 1. The lowest BCUT2D eigenvalue weighted by Crippen LogP contribution is -2.19. The number of hydrogen-bond donors (Lipinski definition) is 1. The Labute approximate surface area is 170 Å². The molecule has 0 amide bonds. The van der Waals surface area contributed by atoms with Gasteiger partial charge in [-0.3, -0.25) is 14.2 Å². The first kappa shape index (κ1) is 17.5. The summed E-state index contributed by atoms with van der Waals surface area (Å²) in [5.74, 6) is -0.562. The minimum atomic E-state index is -0.426. The summed E-state index contributed by atoms with van der Waals surface area (Å²) < 4.78 is 7.70. The van der Waals surface area contributed by atoms with Gasteiger partial charge in [-0.25, -0.2) is 0 Å². The molecule has 0 aliphatic carbocycles. The maximum atomic E-state index is 13.6. The SMILES string of the molecule is Cc1cccc2c1c(N)c(C(=O)c1csc3ccccc13)n2C(=O)c1ccco1. The molecule has 0 saturated heterocycles. The maximum absolute atomic E-state index is 13.6. The molecule has 0 fully saturated rings. The Bertz CT molecular complexity index is 1410. The molecule has 0 unspecified atom stereocenters. The van der Waals surface area contributed by atoms with E-state index in [9.17, 15) is 9.59 Å². The van der Waals surface area contributed by atoms with Gasteiger partial charge in [0.15, 0.2) is 5.76 Å². The number of benzene rings is 2. The lowest BCUT2D eigenvalue weighted by molar-refractivity contribution is 0.0916. The van der Waals surface area contributed by atoms with Gasteiger partial charge in [-0.1, -0.05) is 30.3 Å². The van der Waals surface area contributed by atoms with Gasteiger partial charge in [-0.2, -0.15) is 0 Å². The minimum absolute atomic E-state index is 0.146. The smallest absolute Gasteiger partial charge is 0.298 e. The summed E-state index contributed by atoms with van der Waals surface area (Å²) >= 11 is 1.49. The van der Waals surface area contributed by atoms with Crippen molar-refractivity contribution >= 4 is 49.7 Å². The van der Waals surface area contributed by atoms with Gasteiger partial charge in [0.05, 0.1) is 17.5 Å². The summed E-state index contributed by atoms with van der Waals surface area (Å²) in [6, 6.07) is 16.5. The van der Waals surface area contributed by atoms with Gasteiger partial charge in [0.2, 0.25) is 5.78 Å². The second-order valence-electron chi connectivity index (χ2n) is 6.82. The highest BCUT2D eigenvalue weighted by Crippen LogP contribution is 2.35. The lowest BCUT2D eigenvalue weighted by Gasteiger charge is -2.08. The number of nitrogen functional groups attached to an aromatic ring is 1. The minimum Gasteiger partial charge on any atom is -0.459 e. The first-order valence-corrected chi connectivity index (χ1v) is 9.94. The fraction of sp³-hybridized carbons (Fsp3) is 0.0435. The highest BCUT2D eigenvalue weighted by molar-refractivity contribution is 7.17. The quantitative estimate of drug-likeness (QED) is 0.419. The molecule has 0 spiro atoms. The Morgan fingerprint density at radius 1 is 1.03 bits per heavy atom. The molecule has 0 aliphatic rings. The second-order valence-corrected chi connectivity index (χ2v) is 7.74. The molecule has 142 valence electrons. The number of furan rings is 1. The van der Waals surface area contributed by atoms with E-state index in [1.54, 1.807) is 18.2 Å². The zero-order valence-electron chi connectivity index (χ0n) is 15.5. The molecule has 5 aromatic rings. The van der Waals surface area contributed by atoms with Crippen LogP contribution in [0.1, 0.15) is 32.2 Å². The third kappa shape index (κ3) is 2.53. The predicted molar refractivity (Wildman–Crippen MR) is 115 cm³/mol. The molecule has 0 atom stereocenters. The third-order valence-corrected chi connectivity index (χ3v) is 6.08. The van der Waals surface area contributed by atoms with E-state index in [-0.39, 0.29) is 17.2 Å². The summed E-state index contributed by atoms with van der Waals surface area (Å²) in [5.41, 5.74) is 8.95. The van der Waals surface area contributed by atoms with E-state index in [1.807, 2.05) is 48.7 Å². The number of fused-ring (bicyclic) bond motifs is 2. The number of hydrogen-bond acceptors (Lipinski definition) is 5. The number of aryl methyl sites for hydroxylation is 1. The number of aromatic nitrogens is 1. The van der Waals surface area contributed by atoms with Crippen molar-refractivity contribution in [1.82, 2.24) is 4.57 Å². The number of carbonyl (C=O) groups is 2. The van der Waals surface area contributed by atoms with Crippen LogP contribution in [0, 0.1) is 6.92 Å². The Kier molecular flexibility index (Phi) is 3.89. The number of anilines is 1. The van der Waals surface area contributed by atoms with Crippen molar-refractivity contribution in [3.8, 4) is 0 Å². The second kappa shape index (κ2) is 6.46. The molecule has 3 aromatic heterocycles. The summed E-state index contributed by atoms with van der Waals surface area (Å²) in [7, 11) is 0. The molecule has 2 aromatic carbocycles. The molecule has 0 bridgehead atoms. The van der Waals surface area contributed by atoms with Gasteiger partial charge < -0.3 is 10.2 Å². The van der Waals surface area contributed by atoms with E-state index in [0.29, 0.717) is 22.2 Å². The van der Waals surface area contributed by atoms with Crippen molar-refractivity contribution in [3.05, 3.63) is 88.8 Å². The fourth-order valence-electron chi connectivity index (χ4n) is 3.77. The van der Waals surface area contributed by atoms with Crippen LogP contribution in [-0.2, 0) is 0 Å². The molecule has 2 N–H and O–H groups in total. The zero-order chi connectivity index (χ0) is 20.1. The van der Waals surface area contributed by atoms with E-state index in [0.717, 1.165) is 15.6 Å². The molecular weight excluding hydrogens is 384 g/mol. The largest absolute Gasteiger partial charge is 0.459 e. The van der Waals surface area contributed by atoms with E-state index >= 15 is 0 Å². The number of ketones is 1. The number of rotatable bonds is 3. The molecule has 0 radical (unpaired) electrons. The summed E-state index contributed by atoms with van der Waals surface area (Å²) in [6.07, 6.45) is 1.43. The molecule has 5 rings (SSSR count). The topological polar surface area (TPSA) is 78.2 Å². The normalized spacial score (nSPS) is 11.3. The van der Waals surface area contributed by atoms with Gasteiger partial charge in [0, 0.05) is 26.4 Å². The van der Waals surface area contributed by atoms with E-state index in [4.69, 9.17) is 10.2 Å². The molecular formula is C23H16N2O3S. The van der Waals surface area contributed by atoms with Crippen molar-refractivity contribution in [1.29, 1.82) is 0 Å². The Hall–Kier alpha value is -3.64. The van der Waals surface area contributed by atoms with Crippen LogP contribution < -0.4 is 5.73 Å². The standard InChI is InChI=1S/C23H16N2O3S/c1-13-6-4-8-16-19(13)20(24)21(25(16)23(27)17-9-5-11-28-17)22(26)15-12-29-18-10-3-2-7-14(15)18/h2-12H,24H2,1H3. The van der Waals surface area contributed by atoms with Crippen LogP contribution >= 0.6 is 11.3 Å². The van der Waals surface area contributed by atoms with Crippen molar-refractivity contribution in [2.75, 3.05) is 5.73 Å². The Balaban J connectivity index is 1.82. The number of carbonyl (C=O) groups excluding carboxylic acids is 2. The van der Waals surface area contributed by atoms with Crippen LogP contribution in [0.2, 0.25) is 0 Å². The van der Waals surface area contributed by atoms with Crippen molar-refractivity contribution in [3.63, 3.8) is 0 Å². The van der Waals surface area contributed by atoms with Crippen LogP contribution in [-0.4, -0.2) is 16.3 Å². The van der Waals surface area contributed by atoms with Gasteiger partial charge in [0.1, 0.15) is 5.69 Å². The molecule has 29 heavy (non-hydrogen) atoms. The lowest BCUT2D eigenvalue weighted by atomic mass is 10.0. The van der Waals surface area contributed by atoms with Crippen molar-refractivity contribution < 1.29 is 14.0 Å². The Morgan fingerprint density at radius 3 is 2.66 bits per heavy atom. The highest BCUT2D eigenvalue weighted by atomic mass is 32.1. The average Bonchev–Trinajstić information content (AvgIpc) is 3.45. The van der Waals surface area contributed by atoms with Gasteiger partial charge in [0.25, 0.3) is 5.91 Å².